The van der Waals surface area contributed by atoms with Crippen LogP contribution in [0, 0.1) is 17.8 Å². The number of nitrogens with two attached hydrogens (primary N) is 1. The first-order valence-corrected chi connectivity index (χ1v) is 16.2. The van der Waals surface area contributed by atoms with Crippen LogP contribution >= 0.6 is 0 Å². The Balaban J connectivity index is 1.17. The predicted octanol–water partition coefficient (Wildman–Crippen LogP) is 2.22. The molecule has 7 aliphatic rings. The summed E-state index contributed by atoms with van der Waals surface area (Å²) >= 11 is 0. The summed E-state index contributed by atoms with van der Waals surface area (Å²) in [5.41, 5.74) is 6.47. The number of nitrogens with zero attached hydrogens (tertiary/aromatic N) is 3. The van der Waals surface area contributed by atoms with Gasteiger partial charge in [-0.05, 0) is 70.4 Å². The SMILES string of the molecule is CN1CCCC1CCNC(=O)C1=CN2C3CC4CCCCC4CC3OC3C(N4CC[C@H](N)C4)C(F)CC(C1=O)C32. The molecule has 3 saturated carbocycles. The van der Waals surface area contributed by atoms with E-state index in [1.165, 1.54) is 32.1 Å². The molecule has 11 atom stereocenters. The van der Waals surface area contributed by atoms with Gasteiger partial charge >= 0.3 is 0 Å². The molecule has 4 heterocycles. The van der Waals surface area contributed by atoms with E-state index in [1.54, 1.807) is 0 Å². The molecule has 3 aliphatic carbocycles. The van der Waals surface area contributed by atoms with Gasteiger partial charge in [-0.15, -0.1) is 0 Å². The third kappa shape index (κ3) is 4.73. The van der Waals surface area contributed by atoms with Crippen LogP contribution in [0.4, 0.5) is 4.39 Å². The first kappa shape index (κ1) is 27.3. The van der Waals surface area contributed by atoms with Gasteiger partial charge in [0.1, 0.15) is 6.17 Å². The number of rotatable bonds is 5. The number of Topliss-reactive ketones (excluding diaryl/α,β-unsaturated/α-hetero) is 1. The number of ether oxygens (including phenoxy) is 1. The summed E-state index contributed by atoms with van der Waals surface area (Å²) < 4.78 is 23.1. The number of ketones is 1. The molecule has 9 heteroatoms. The molecular formula is C31H48FN5O3. The van der Waals surface area contributed by atoms with Crippen molar-refractivity contribution in [3.63, 3.8) is 0 Å². The summed E-state index contributed by atoms with van der Waals surface area (Å²) in [6.07, 6.45) is 11.7. The van der Waals surface area contributed by atoms with Crippen LogP contribution in [0.5, 0.6) is 0 Å². The van der Waals surface area contributed by atoms with Gasteiger partial charge in [0.2, 0.25) is 0 Å². The Morgan fingerprint density at radius 2 is 1.88 bits per heavy atom. The maximum absolute atomic E-state index is 16.1. The van der Waals surface area contributed by atoms with E-state index in [9.17, 15) is 9.59 Å². The highest BCUT2D eigenvalue weighted by Crippen LogP contribution is 2.51. The van der Waals surface area contributed by atoms with Crippen molar-refractivity contribution in [2.24, 2.45) is 23.5 Å². The zero-order valence-electron chi connectivity index (χ0n) is 24.1. The van der Waals surface area contributed by atoms with Crippen molar-refractivity contribution in [1.29, 1.82) is 0 Å². The Morgan fingerprint density at radius 3 is 2.60 bits per heavy atom. The van der Waals surface area contributed by atoms with Crippen LogP contribution in [0.2, 0.25) is 0 Å². The molecular weight excluding hydrogens is 509 g/mol. The molecule has 4 aliphatic heterocycles. The molecule has 0 aromatic heterocycles. The molecule has 222 valence electrons. The second-order valence-corrected chi connectivity index (χ2v) is 14.0. The van der Waals surface area contributed by atoms with Crippen molar-refractivity contribution < 1.29 is 18.7 Å². The van der Waals surface area contributed by atoms with Gasteiger partial charge in [0.05, 0.1) is 35.9 Å². The predicted molar refractivity (Wildman–Crippen MR) is 150 cm³/mol. The molecule has 40 heavy (non-hydrogen) atoms. The summed E-state index contributed by atoms with van der Waals surface area (Å²) in [5, 5.41) is 3.06. The van der Waals surface area contributed by atoms with E-state index < -0.39 is 12.1 Å². The topological polar surface area (TPSA) is 91.1 Å². The number of hydrogen-bond donors (Lipinski definition) is 2. The van der Waals surface area contributed by atoms with Gasteiger partial charge < -0.3 is 25.6 Å². The van der Waals surface area contributed by atoms with Crippen LogP contribution in [0.3, 0.4) is 0 Å². The number of carbonyl (C=O) groups excluding carboxylic acids is 2. The van der Waals surface area contributed by atoms with Gasteiger partial charge in [-0.1, -0.05) is 25.7 Å². The Bertz CT molecular complexity index is 1020. The number of morpholine rings is 1. The van der Waals surface area contributed by atoms with Crippen LogP contribution in [-0.4, -0.2) is 108 Å². The fraction of sp³-hybridized carbons (Fsp3) is 0.871. The lowest BCUT2D eigenvalue weighted by Crippen LogP contribution is -2.73. The van der Waals surface area contributed by atoms with Gasteiger partial charge in [0.25, 0.3) is 5.91 Å². The Labute approximate surface area is 238 Å². The molecule has 10 unspecified atom stereocenters. The van der Waals surface area contributed by atoms with Crippen molar-refractivity contribution in [1.82, 2.24) is 20.0 Å². The maximum atomic E-state index is 16.1. The van der Waals surface area contributed by atoms with E-state index in [0.717, 1.165) is 45.2 Å². The fourth-order valence-electron chi connectivity index (χ4n) is 9.74. The molecule has 8 nitrogen and oxygen atoms in total. The standard InChI is InChI=1S/C31H48FN5O3/c1-35-11-4-7-21(35)8-10-34-31(39)23-17-37-25-13-18-5-2-3-6-19(18)14-26(25)40-30-27(37)22(29(23)38)15-24(32)28(30)36-12-9-20(33)16-36/h17-22,24-28,30H,2-16,33H2,1H3,(H,34,39)/t18?,19?,20-,21?,22?,24?,25?,26?,27?,28?,30?/m0/s1. The highest BCUT2D eigenvalue weighted by atomic mass is 19.1. The molecule has 0 aromatic carbocycles. The molecule has 1 amide bonds. The second-order valence-electron chi connectivity index (χ2n) is 14.0. The number of alkyl halides is 1. The van der Waals surface area contributed by atoms with Crippen molar-refractivity contribution in [3.8, 4) is 0 Å². The van der Waals surface area contributed by atoms with Crippen LogP contribution in [-0.2, 0) is 14.3 Å². The van der Waals surface area contributed by atoms with Gasteiger partial charge in [0.15, 0.2) is 5.78 Å². The highest BCUT2D eigenvalue weighted by Gasteiger charge is 2.60. The summed E-state index contributed by atoms with van der Waals surface area (Å²) in [6.45, 7) is 3.10. The number of nitrogens with one attached hydrogen (secondary N) is 1. The van der Waals surface area contributed by atoms with E-state index >= 15 is 4.39 Å². The summed E-state index contributed by atoms with van der Waals surface area (Å²) in [4.78, 5) is 34.3. The van der Waals surface area contributed by atoms with Crippen LogP contribution in [0.25, 0.3) is 0 Å². The zero-order chi connectivity index (χ0) is 27.5. The largest absolute Gasteiger partial charge is 0.369 e. The second kappa shape index (κ2) is 10.9. The highest BCUT2D eigenvalue weighted by molar-refractivity contribution is 6.20. The number of carbonyl (C=O) groups is 2. The normalized spacial score (nSPS) is 45.5. The first-order chi connectivity index (χ1) is 19.4. The van der Waals surface area contributed by atoms with Gasteiger partial charge in [-0.25, -0.2) is 4.39 Å². The lowest BCUT2D eigenvalue weighted by molar-refractivity contribution is -0.219. The smallest absolute Gasteiger partial charge is 0.256 e. The molecule has 3 N–H and O–H groups in total. The van der Waals surface area contributed by atoms with E-state index in [4.69, 9.17) is 10.5 Å². The number of halogens is 1. The maximum Gasteiger partial charge on any atom is 0.256 e. The van der Waals surface area contributed by atoms with Crippen LogP contribution < -0.4 is 11.1 Å². The van der Waals surface area contributed by atoms with Crippen molar-refractivity contribution in [2.75, 3.05) is 33.2 Å². The number of fused-ring (bicyclic) bond motifs is 3. The molecule has 0 aromatic rings. The van der Waals surface area contributed by atoms with Crippen molar-refractivity contribution >= 4 is 11.7 Å². The van der Waals surface area contributed by atoms with E-state index in [1.807, 2.05) is 6.20 Å². The average molecular weight is 558 g/mol. The average Bonchev–Trinajstić information content (AvgIpc) is 3.56. The Kier molecular flexibility index (Phi) is 7.46. The minimum absolute atomic E-state index is 0.0111. The Hall–Kier alpha value is -1.55. The zero-order valence-corrected chi connectivity index (χ0v) is 24.1. The van der Waals surface area contributed by atoms with Gasteiger partial charge in [-0.2, -0.15) is 0 Å². The van der Waals surface area contributed by atoms with Crippen molar-refractivity contribution in [2.45, 2.75) is 119 Å². The molecule has 0 bridgehead atoms. The van der Waals surface area contributed by atoms with Crippen molar-refractivity contribution in [3.05, 3.63) is 11.8 Å². The summed E-state index contributed by atoms with van der Waals surface area (Å²) in [7, 11) is 2.14. The summed E-state index contributed by atoms with van der Waals surface area (Å²) in [6, 6.07) is 0.0770. The van der Waals surface area contributed by atoms with Gasteiger partial charge in [-0.3, -0.25) is 14.5 Å². The first-order valence-electron chi connectivity index (χ1n) is 16.2. The van der Waals surface area contributed by atoms with Gasteiger partial charge in [0, 0.05) is 43.8 Å². The van der Waals surface area contributed by atoms with Crippen LogP contribution in [0.1, 0.15) is 70.6 Å². The monoisotopic (exact) mass is 557 g/mol. The van der Waals surface area contributed by atoms with Crippen LogP contribution in [0.15, 0.2) is 11.8 Å². The lowest BCUT2D eigenvalue weighted by atomic mass is 9.64. The minimum Gasteiger partial charge on any atom is -0.369 e. The number of amides is 1. The quantitative estimate of drug-likeness (QED) is 0.501. The molecule has 0 radical (unpaired) electrons. The third-order valence-corrected chi connectivity index (χ3v) is 11.8. The molecule has 0 spiro atoms. The number of hydrogen-bond acceptors (Lipinski definition) is 7. The third-order valence-electron chi connectivity index (χ3n) is 11.8. The van der Waals surface area contributed by atoms with E-state index in [0.29, 0.717) is 31.0 Å². The number of likely N-dealkylation sites (tertiary alicyclic amines) is 2. The lowest BCUT2D eigenvalue weighted by Gasteiger charge is -2.61. The molecule has 7 rings (SSSR count). The molecule has 6 fully saturated rings. The van der Waals surface area contributed by atoms with E-state index in [-0.39, 0.29) is 60.1 Å². The molecule has 3 saturated heterocycles. The summed E-state index contributed by atoms with van der Waals surface area (Å²) in [5.74, 6) is 0.291. The fourth-order valence-corrected chi connectivity index (χ4v) is 9.74. The Morgan fingerprint density at radius 1 is 1.07 bits per heavy atom. The van der Waals surface area contributed by atoms with E-state index in [2.05, 4.69) is 27.1 Å². The minimum atomic E-state index is -1.18.